The van der Waals surface area contributed by atoms with Crippen molar-refractivity contribution in [3.63, 3.8) is 0 Å². The van der Waals surface area contributed by atoms with Gasteiger partial charge in [-0.25, -0.2) is 0 Å². The number of hydrogen-bond donors (Lipinski definition) is 1. The van der Waals surface area contributed by atoms with Crippen LogP contribution in [0.4, 0.5) is 0 Å². The number of aromatic nitrogens is 2. The first-order valence-corrected chi connectivity index (χ1v) is 6.86. The lowest BCUT2D eigenvalue weighted by Crippen LogP contribution is -2.11. The molecule has 0 bridgehead atoms. The predicted octanol–water partition coefficient (Wildman–Crippen LogP) is 3.41. The average molecular weight is 263 g/mol. The van der Waals surface area contributed by atoms with Crippen molar-refractivity contribution in [2.24, 2.45) is 0 Å². The number of benzene rings is 1. The molecule has 3 heteroatoms. The molecule has 0 atom stereocenters. The van der Waals surface area contributed by atoms with Crippen LogP contribution in [0.15, 0.2) is 55.1 Å². The van der Waals surface area contributed by atoms with Gasteiger partial charge in [0.25, 0.3) is 0 Å². The van der Waals surface area contributed by atoms with E-state index in [1.807, 2.05) is 24.8 Å². The monoisotopic (exact) mass is 263 g/mol. The van der Waals surface area contributed by atoms with Gasteiger partial charge in [0, 0.05) is 42.3 Å². The molecule has 100 valence electrons. The Hall–Kier alpha value is -2.26. The van der Waals surface area contributed by atoms with Crippen LogP contribution in [0, 0.1) is 0 Å². The zero-order chi connectivity index (χ0) is 13.8. The Kier molecular flexibility index (Phi) is 3.70. The molecule has 0 spiro atoms. The van der Waals surface area contributed by atoms with Crippen molar-refractivity contribution in [1.82, 2.24) is 15.3 Å². The highest BCUT2D eigenvalue weighted by Crippen LogP contribution is 2.27. The fourth-order valence-corrected chi connectivity index (χ4v) is 2.38. The molecule has 3 rings (SSSR count). The van der Waals surface area contributed by atoms with Crippen LogP contribution in [-0.4, -0.2) is 16.5 Å². The Morgan fingerprint density at radius 1 is 1.05 bits per heavy atom. The second-order valence-electron chi connectivity index (χ2n) is 4.76. The van der Waals surface area contributed by atoms with Gasteiger partial charge in [-0.2, -0.15) is 0 Å². The summed E-state index contributed by atoms with van der Waals surface area (Å²) in [5, 5.41) is 5.70. The van der Waals surface area contributed by atoms with Gasteiger partial charge in [0.05, 0.1) is 0 Å². The van der Waals surface area contributed by atoms with Crippen LogP contribution in [0.1, 0.15) is 12.5 Å². The summed E-state index contributed by atoms with van der Waals surface area (Å²) in [5.74, 6) is 0. The lowest BCUT2D eigenvalue weighted by Gasteiger charge is -2.08. The van der Waals surface area contributed by atoms with Crippen molar-refractivity contribution in [1.29, 1.82) is 0 Å². The summed E-state index contributed by atoms with van der Waals surface area (Å²) in [4.78, 5) is 8.55. The Morgan fingerprint density at radius 2 is 2.00 bits per heavy atom. The minimum atomic E-state index is 0.851. The summed E-state index contributed by atoms with van der Waals surface area (Å²) in [6, 6.07) is 10.5. The van der Waals surface area contributed by atoms with E-state index < -0.39 is 0 Å². The van der Waals surface area contributed by atoms with Crippen LogP contribution in [0.2, 0.25) is 0 Å². The molecule has 0 unspecified atom stereocenters. The Balaban J connectivity index is 2.06. The number of hydrogen-bond acceptors (Lipinski definition) is 3. The molecular weight excluding hydrogens is 246 g/mol. The second kappa shape index (κ2) is 5.80. The van der Waals surface area contributed by atoms with Crippen molar-refractivity contribution >= 4 is 10.8 Å². The fraction of sp³-hybridized carbons (Fsp3) is 0.176. The third kappa shape index (κ3) is 2.53. The SMILES string of the molecule is CCNCc1cncc(-c2cccc3cnccc23)c1. The molecule has 0 saturated carbocycles. The quantitative estimate of drug-likeness (QED) is 0.784. The zero-order valence-electron chi connectivity index (χ0n) is 11.5. The van der Waals surface area contributed by atoms with Gasteiger partial charge >= 0.3 is 0 Å². The summed E-state index contributed by atoms with van der Waals surface area (Å²) in [5.41, 5.74) is 3.56. The van der Waals surface area contributed by atoms with Gasteiger partial charge in [-0.15, -0.1) is 0 Å². The van der Waals surface area contributed by atoms with Crippen LogP contribution < -0.4 is 5.32 Å². The van der Waals surface area contributed by atoms with Crippen molar-refractivity contribution in [2.75, 3.05) is 6.54 Å². The number of nitrogens with zero attached hydrogens (tertiary/aromatic N) is 2. The van der Waals surface area contributed by atoms with E-state index in [1.54, 1.807) is 0 Å². The Labute approximate surface area is 118 Å². The van der Waals surface area contributed by atoms with E-state index in [4.69, 9.17) is 0 Å². The maximum Gasteiger partial charge on any atom is 0.0346 e. The van der Waals surface area contributed by atoms with Crippen molar-refractivity contribution in [2.45, 2.75) is 13.5 Å². The highest BCUT2D eigenvalue weighted by molar-refractivity contribution is 5.95. The first kappa shape index (κ1) is 12.8. The molecule has 2 heterocycles. The van der Waals surface area contributed by atoms with E-state index in [1.165, 1.54) is 16.5 Å². The number of nitrogens with one attached hydrogen (secondary N) is 1. The molecule has 1 aromatic carbocycles. The molecule has 1 N–H and O–H groups in total. The lowest BCUT2D eigenvalue weighted by molar-refractivity contribution is 0.724. The molecule has 0 aliphatic rings. The van der Waals surface area contributed by atoms with Gasteiger partial charge in [-0.05, 0) is 35.2 Å². The maximum atomic E-state index is 4.37. The minimum Gasteiger partial charge on any atom is -0.313 e. The van der Waals surface area contributed by atoms with Gasteiger partial charge in [-0.3, -0.25) is 9.97 Å². The first-order valence-electron chi connectivity index (χ1n) is 6.86. The summed E-state index contributed by atoms with van der Waals surface area (Å²) in [6.07, 6.45) is 7.57. The minimum absolute atomic E-state index is 0.851. The zero-order valence-corrected chi connectivity index (χ0v) is 11.5. The van der Waals surface area contributed by atoms with Gasteiger partial charge in [0.2, 0.25) is 0 Å². The Morgan fingerprint density at radius 3 is 2.90 bits per heavy atom. The largest absolute Gasteiger partial charge is 0.313 e. The van der Waals surface area contributed by atoms with Crippen molar-refractivity contribution in [3.8, 4) is 11.1 Å². The highest BCUT2D eigenvalue weighted by Gasteiger charge is 2.04. The van der Waals surface area contributed by atoms with Crippen molar-refractivity contribution in [3.05, 3.63) is 60.7 Å². The van der Waals surface area contributed by atoms with E-state index in [-0.39, 0.29) is 0 Å². The lowest BCUT2D eigenvalue weighted by atomic mass is 10.00. The number of rotatable bonds is 4. The molecular formula is C17H17N3. The third-order valence-electron chi connectivity index (χ3n) is 3.37. The number of fused-ring (bicyclic) bond motifs is 1. The summed E-state index contributed by atoms with van der Waals surface area (Å²) < 4.78 is 0. The predicted molar refractivity (Wildman–Crippen MR) is 82.4 cm³/mol. The molecule has 20 heavy (non-hydrogen) atoms. The van der Waals surface area contributed by atoms with Crippen LogP contribution in [0.25, 0.3) is 21.9 Å². The molecule has 3 nitrogen and oxygen atoms in total. The summed E-state index contributed by atoms with van der Waals surface area (Å²) in [7, 11) is 0. The van der Waals surface area contributed by atoms with Gasteiger partial charge in [0.15, 0.2) is 0 Å². The maximum absolute atomic E-state index is 4.37. The normalized spacial score (nSPS) is 10.8. The molecule has 0 fully saturated rings. The Bertz CT molecular complexity index is 717. The molecule has 0 aliphatic carbocycles. The smallest absolute Gasteiger partial charge is 0.0346 e. The van der Waals surface area contributed by atoms with Crippen molar-refractivity contribution < 1.29 is 0 Å². The van der Waals surface area contributed by atoms with Gasteiger partial charge in [0.1, 0.15) is 0 Å². The van der Waals surface area contributed by atoms with Gasteiger partial charge < -0.3 is 5.32 Å². The standard InChI is InChI=1S/C17H17N3/c1-2-18-9-13-8-15(12-20-10-13)16-5-3-4-14-11-19-7-6-17(14)16/h3-8,10-12,18H,2,9H2,1H3. The van der Waals surface area contributed by atoms with Crippen LogP contribution >= 0.6 is 0 Å². The van der Waals surface area contributed by atoms with E-state index in [2.05, 4.69) is 52.5 Å². The molecule has 0 aliphatic heterocycles. The van der Waals surface area contributed by atoms with E-state index in [9.17, 15) is 0 Å². The topological polar surface area (TPSA) is 37.8 Å². The third-order valence-corrected chi connectivity index (χ3v) is 3.37. The summed E-state index contributed by atoms with van der Waals surface area (Å²) >= 11 is 0. The van der Waals surface area contributed by atoms with Crippen LogP contribution in [0.3, 0.4) is 0 Å². The van der Waals surface area contributed by atoms with Gasteiger partial charge in [-0.1, -0.05) is 25.1 Å². The first-order chi connectivity index (χ1) is 9.88. The van der Waals surface area contributed by atoms with E-state index in [0.29, 0.717) is 0 Å². The summed E-state index contributed by atoms with van der Waals surface area (Å²) in [6.45, 7) is 3.92. The molecule has 2 aromatic heterocycles. The van der Waals surface area contributed by atoms with E-state index >= 15 is 0 Å². The number of pyridine rings is 2. The average Bonchev–Trinajstić information content (AvgIpc) is 2.52. The molecule has 0 saturated heterocycles. The molecule has 0 amide bonds. The molecule has 3 aromatic rings. The second-order valence-corrected chi connectivity index (χ2v) is 4.76. The van der Waals surface area contributed by atoms with Crippen LogP contribution in [-0.2, 0) is 6.54 Å². The van der Waals surface area contributed by atoms with E-state index in [0.717, 1.165) is 24.0 Å². The van der Waals surface area contributed by atoms with Crippen LogP contribution in [0.5, 0.6) is 0 Å². The molecule has 0 radical (unpaired) electrons. The highest BCUT2D eigenvalue weighted by atomic mass is 14.8. The fourth-order valence-electron chi connectivity index (χ4n) is 2.38.